The molecule has 2 N–H and O–H groups in total. The Morgan fingerprint density at radius 1 is 1.53 bits per heavy atom. The fraction of sp³-hybridized carbons (Fsp3) is 0.462. The van der Waals surface area contributed by atoms with Gasteiger partial charge in [-0.2, -0.15) is 0 Å². The van der Waals surface area contributed by atoms with Crippen LogP contribution in [0, 0.1) is 0 Å². The Morgan fingerprint density at radius 3 is 3.00 bits per heavy atom. The van der Waals surface area contributed by atoms with E-state index in [1.54, 1.807) is 6.07 Å². The Hall–Kier alpha value is -1.55. The second-order valence-electron chi connectivity index (χ2n) is 4.75. The molecule has 0 fully saturated rings. The van der Waals surface area contributed by atoms with E-state index in [9.17, 15) is 9.90 Å². The quantitative estimate of drug-likeness (QED) is 0.832. The Bertz CT molecular complexity index is 437. The van der Waals surface area contributed by atoms with E-state index in [-0.39, 0.29) is 6.61 Å². The van der Waals surface area contributed by atoms with E-state index in [1.807, 2.05) is 19.1 Å². The molecule has 0 unspecified atom stereocenters. The van der Waals surface area contributed by atoms with Gasteiger partial charge in [-0.1, -0.05) is 12.1 Å². The molecule has 17 heavy (non-hydrogen) atoms. The van der Waals surface area contributed by atoms with Crippen LogP contribution in [-0.2, 0) is 17.6 Å². The number of carbonyl (C=O) groups is 1. The van der Waals surface area contributed by atoms with Gasteiger partial charge in [0.25, 0.3) is 0 Å². The van der Waals surface area contributed by atoms with Crippen molar-refractivity contribution in [2.45, 2.75) is 31.8 Å². The summed E-state index contributed by atoms with van der Waals surface area (Å²) in [6.45, 7) is 1.49. The molecule has 1 aromatic rings. The topological polar surface area (TPSA) is 66.8 Å². The molecule has 0 saturated heterocycles. The molecule has 92 valence electrons. The normalized spacial score (nSPS) is 22.9. The van der Waals surface area contributed by atoms with Crippen molar-refractivity contribution < 1.29 is 19.7 Å². The minimum Gasteiger partial charge on any atom is -0.482 e. The van der Waals surface area contributed by atoms with E-state index in [0.717, 1.165) is 17.5 Å². The summed E-state index contributed by atoms with van der Waals surface area (Å²) in [4.78, 5) is 10.5. The van der Waals surface area contributed by atoms with Gasteiger partial charge in [0.1, 0.15) is 5.75 Å². The molecule has 0 radical (unpaired) electrons. The molecule has 2 rings (SSSR count). The smallest absolute Gasteiger partial charge is 0.341 e. The molecule has 1 aliphatic rings. The molecular formula is C13H16O4. The number of rotatable bonds is 3. The Morgan fingerprint density at radius 2 is 2.29 bits per heavy atom. The lowest BCUT2D eigenvalue weighted by Crippen LogP contribution is -2.32. The summed E-state index contributed by atoms with van der Waals surface area (Å²) in [7, 11) is 0. The third-order valence-corrected chi connectivity index (χ3v) is 3.07. The molecule has 0 aliphatic heterocycles. The zero-order chi connectivity index (χ0) is 12.5. The van der Waals surface area contributed by atoms with Gasteiger partial charge in [-0.05, 0) is 37.0 Å². The highest BCUT2D eigenvalue weighted by Gasteiger charge is 2.28. The first-order valence-corrected chi connectivity index (χ1v) is 5.66. The van der Waals surface area contributed by atoms with Crippen LogP contribution in [-0.4, -0.2) is 28.4 Å². The van der Waals surface area contributed by atoms with Crippen molar-refractivity contribution in [1.82, 2.24) is 0 Å². The molecule has 1 aromatic carbocycles. The van der Waals surface area contributed by atoms with E-state index in [4.69, 9.17) is 9.84 Å². The zero-order valence-electron chi connectivity index (χ0n) is 9.77. The molecule has 1 atom stereocenters. The SMILES string of the molecule is C[C@@]1(O)CCc2c(cccc2OCC(=O)O)C1. The monoisotopic (exact) mass is 236 g/mol. The lowest BCUT2D eigenvalue weighted by Gasteiger charge is -2.30. The zero-order valence-corrected chi connectivity index (χ0v) is 9.77. The summed E-state index contributed by atoms with van der Waals surface area (Å²) < 4.78 is 5.25. The van der Waals surface area contributed by atoms with Crippen LogP contribution in [0.15, 0.2) is 18.2 Å². The second-order valence-corrected chi connectivity index (χ2v) is 4.75. The van der Waals surface area contributed by atoms with Crippen LogP contribution >= 0.6 is 0 Å². The molecule has 0 bridgehead atoms. The summed E-state index contributed by atoms with van der Waals surface area (Å²) >= 11 is 0. The molecule has 0 saturated carbocycles. The van der Waals surface area contributed by atoms with Crippen LogP contribution in [0.5, 0.6) is 5.75 Å². The minimum absolute atomic E-state index is 0.327. The average Bonchev–Trinajstić information content (AvgIpc) is 2.24. The largest absolute Gasteiger partial charge is 0.482 e. The first-order valence-electron chi connectivity index (χ1n) is 5.66. The first-order chi connectivity index (χ1) is 7.98. The van der Waals surface area contributed by atoms with Crippen LogP contribution in [0.4, 0.5) is 0 Å². The van der Waals surface area contributed by atoms with Crippen LogP contribution in [0.2, 0.25) is 0 Å². The van der Waals surface area contributed by atoms with Crippen molar-refractivity contribution in [3.05, 3.63) is 29.3 Å². The van der Waals surface area contributed by atoms with Gasteiger partial charge < -0.3 is 14.9 Å². The lowest BCUT2D eigenvalue weighted by molar-refractivity contribution is -0.139. The summed E-state index contributed by atoms with van der Waals surface area (Å²) in [6, 6.07) is 5.57. The molecule has 0 amide bonds. The predicted octanol–water partition coefficient (Wildman–Crippen LogP) is 1.39. The van der Waals surface area contributed by atoms with Crippen LogP contribution in [0.1, 0.15) is 24.5 Å². The lowest BCUT2D eigenvalue weighted by atomic mass is 9.81. The van der Waals surface area contributed by atoms with Crippen molar-refractivity contribution in [3.8, 4) is 5.75 Å². The standard InChI is InChI=1S/C13H16O4/c1-13(16)6-5-10-9(7-13)3-2-4-11(10)17-8-12(14)15/h2-4,16H,5-8H2,1H3,(H,14,15)/t13-/m1/s1. The van der Waals surface area contributed by atoms with E-state index in [1.165, 1.54) is 0 Å². The number of aliphatic hydroxyl groups is 1. The number of aliphatic carboxylic acids is 1. The van der Waals surface area contributed by atoms with E-state index < -0.39 is 11.6 Å². The molecule has 4 heteroatoms. The minimum atomic E-state index is -0.981. The maximum Gasteiger partial charge on any atom is 0.341 e. The Labute approximate surface area is 99.8 Å². The van der Waals surface area contributed by atoms with Gasteiger partial charge in [-0.3, -0.25) is 0 Å². The average molecular weight is 236 g/mol. The molecule has 4 nitrogen and oxygen atoms in total. The van der Waals surface area contributed by atoms with Gasteiger partial charge >= 0.3 is 5.97 Å². The molecule has 1 aliphatic carbocycles. The van der Waals surface area contributed by atoms with Crippen LogP contribution < -0.4 is 4.74 Å². The van der Waals surface area contributed by atoms with Crippen LogP contribution in [0.3, 0.4) is 0 Å². The summed E-state index contributed by atoms with van der Waals surface area (Å²) in [6.07, 6.45) is 1.98. The van der Waals surface area contributed by atoms with Gasteiger partial charge in [-0.25, -0.2) is 4.79 Å². The Balaban J connectivity index is 2.23. The van der Waals surface area contributed by atoms with E-state index in [0.29, 0.717) is 18.6 Å². The van der Waals surface area contributed by atoms with Gasteiger partial charge in [0.15, 0.2) is 6.61 Å². The number of ether oxygens (including phenoxy) is 1. The highest BCUT2D eigenvalue weighted by atomic mass is 16.5. The maximum atomic E-state index is 10.5. The molecular weight excluding hydrogens is 220 g/mol. The maximum absolute atomic E-state index is 10.5. The number of carboxylic acids is 1. The number of hydrogen-bond acceptors (Lipinski definition) is 3. The van der Waals surface area contributed by atoms with Crippen molar-refractivity contribution in [2.75, 3.05) is 6.61 Å². The van der Waals surface area contributed by atoms with Gasteiger partial charge in [0.2, 0.25) is 0 Å². The van der Waals surface area contributed by atoms with E-state index >= 15 is 0 Å². The number of carboxylic acid groups (broad SMARTS) is 1. The third-order valence-electron chi connectivity index (χ3n) is 3.07. The number of benzene rings is 1. The fourth-order valence-corrected chi connectivity index (χ4v) is 2.23. The second kappa shape index (κ2) is 4.37. The van der Waals surface area contributed by atoms with Crippen LogP contribution in [0.25, 0.3) is 0 Å². The first kappa shape index (κ1) is 11.9. The molecule has 0 heterocycles. The number of hydrogen-bond donors (Lipinski definition) is 2. The summed E-state index contributed by atoms with van der Waals surface area (Å²) in [5.41, 5.74) is 1.41. The van der Waals surface area contributed by atoms with Gasteiger partial charge in [-0.15, -0.1) is 0 Å². The summed E-state index contributed by atoms with van der Waals surface area (Å²) in [5.74, 6) is -0.356. The van der Waals surface area contributed by atoms with Gasteiger partial charge in [0.05, 0.1) is 5.60 Å². The highest BCUT2D eigenvalue weighted by Crippen LogP contribution is 2.33. The number of fused-ring (bicyclic) bond motifs is 1. The molecule has 0 spiro atoms. The van der Waals surface area contributed by atoms with Gasteiger partial charge in [0, 0.05) is 6.42 Å². The van der Waals surface area contributed by atoms with Crippen molar-refractivity contribution >= 4 is 5.97 Å². The third kappa shape index (κ3) is 2.77. The molecule has 0 aromatic heterocycles. The van der Waals surface area contributed by atoms with Crippen molar-refractivity contribution in [1.29, 1.82) is 0 Å². The predicted molar refractivity (Wildman–Crippen MR) is 62.2 cm³/mol. The highest BCUT2D eigenvalue weighted by molar-refractivity contribution is 5.68. The fourth-order valence-electron chi connectivity index (χ4n) is 2.23. The van der Waals surface area contributed by atoms with Crippen molar-refractivity contribution in [3.63, 3.8) is 0 Å². The Kier molecular flexibility index (Phi) is 3.07. The van der Waals surface area contributed by atoms with Crippen molar-refractivity contribution in [2.24, 2.45) is 0 Å². The summed E-state index contributed by atoms with van der Waals surface area (Å²) in [5, 5.41) is 18.6. The van der Waals surface area contributed by atoms with E-state index in [2.05, 4.69) is 0 Å².